The van der Waals surface area contributed by atoms with Crippen molar-refractivity contribution >= 4 is 33.5 Å². The second-order valence-corrected chi connectivity index (χ2v) is 14.5. The Labute approximate surface area is 331 Å². The average Bonchev–Trinajstić information content (AvgIpc) is 3.22. The number of carbonyl (C=O) groups is 2. The summed E-state index contributed by atoms with van der Waals surface area (Å²) in [6, 6.07) is 38.3. The van der Waals surface area contributed by atoms with Gasteiger partial charge in [0, 0.05) is 22.3 Å². The van der Waals surface area contributed by atoms with Gasteiger partial charge in [0.05, 0.1) is 5.41 Å². The van der Waals surface area contributed by atoms with Gasteiger partial charge >= 0.3 is 11.9 Å². The van der Waals surface area contributed by atoms with Crippen molar-refractivity contribution in [3.63, 3.8) is 0 Å². The van der Waals surface area contributed by atoms with Gasteiger partial charge in [-0.2, -0.15) is 0 Å². The van der Waals surface area contributed by atoms with Gasteiger partial charge in [0.25, 0.3) is 0 Å². The highest BCUT2D eigenvalue weighted by atomic mass is 16.6. The van der Waals surface area contributed by atoms with Crippen LogP contribution in [-0.2, 0) is 24.5 Å². The molecule has 1 aliphatic rings. The summed E-state index contributed by atoms with van der Waals surface area (Å²) in [5.41, 5.74) is 4.77. The van der Waals surface area contributed by atoms with Crippen molar-refractivity contribution in [3.05, 3.63) is 156 Å². The summed E-state index contributed by atoms with van der Waals surface area (Å²) in [6.07, 6.45) is -2.10. The lowest BCUT2D eigenvalue weighted by atomic mass is 9.66. The third kappa shape index (κ3) is 8.12. The standard InChI is InChI=1S/C48H44O9/c1-29(2)46(51)55-27-36(49)25-53-38-19-13-33-15-21-42-44(40(33)23-38)48(5,35-17-11-32(12-18-35)31-9-7-6-8-10-31)45-41-24-39(20-14-34(41)16-22-43(45)57-42)54-26-37(50)28-56-47(52)30(3)4/h6-24,36-37,49-50H,1,3,25-28H2,2,4-5H3. The fourth-order valence-corrected chi connectivity index (χ4v) is 7.17. The van der Waals surface area contributed by atoms with Gasteiger partial charge in [-0.15, -0.1) is 0 Å². The first kappa shape index (κ1) is 38.8. The van der Waals surface area contributed by atoms with Crippen LogP contribution in [0.4, 0.5) is 0 Å². The molecule has 0 amide bonds. The van der Waals surface area contributed by atoms with E-state index < -0.39 is 29.6 Å². The van der Waals surface area contributed by atoms with Crippen LogP contribution in [0.25, 0.3) is 32.7 Å². The Kier molecular flexibility index (Phi) is 11.1. The van der Waals surface area contributed by atoms with Crippen molar-refractivity contribution in [1.82, 2.24) is 0 Å². The maximum atomic E-state index is 11.9. The summed E-state index contributed by atoms with van der Waals surface area (Å²) in [5.74, 6) is 1.27. The third-order valence-electron chi connectivity index (χ3n) is 10.1. The fraction of sp³-hybridized carbons (Fsp3) is 0.208. The number of carbonyl (C=O) groups excluding carboxylic acids is 2. The summed E-state index contributed by atoms with van der Waals surface area (Å²) in [7, 11) is 0. The smallest absolute Gasteiger partial charge is 0.333 e. The molecule has 0 spiro atoms. The van der Waals surface area contributed by atoms with Crippen LogP contribution in [0, 0.1) is 0 Å². The molecule has 2 N–H and O–H groups in total. The number of ether oxygens (including phenoxy) is 5. The molecule has 0 bridgehead atoms. The largest absolute Gasteiger partial charge is 0.491 e. The van der Waals surface area contributed by atoms with Gasteiger partial charge in [-0.1, -0.05) is 92.0 Å². The Morgan fingerprint density at radius 3 is 1.51 bits per heavy atom. The van der Waals surface area contributed by atoms with Crippen molar-refractivity contribution in [1.29, 1.82) is 0 Å². The van der Waals surface area contributed by atoms with Crippen molar-refractivity contribution in [2.45, 2.75) is 38.4 Å². The van der Waals surface area contributed by atoms with E-state index in [-0.39, 0.29) is 37.6 Å². The molecule has 1 heterocycles. The molecule has 57 heavy (non-hydrogen) atoms. The minimum atomic E-state index is -1.05. The number of hydrogen-bond donors (Lipinski definition) is 2. The lowest BCUT2D eigenvalue weighted by Gasteiger charge is -2.40. The second kappa shape index (κ2) is 16.4. The molecular weight excluding hydrogens is 721 g/mol. The van der Waals surface area contributed by atoms with E-state index in [9.17, 15) is 19.8 Å². The number of aliphatic hydroxyl groups excluding tert-OH is 2. The number of hydrogen-bond acceptors (Lipinski definition) is 9. The molecule has 9 heteroatoms. The molecule has 290 valence electrons. The van der Waals surface area contributed by atoms with E-state index in [1.54, 1.807) is 13.8 Å². The van der Waals surface area contributed by atoms with E-state index in [0.29, 0.717) is 23.0 Å². The normalized spacial score (nSPS) is 15.4. The Balaban J connectivity index is 1.31. The van der Waals surface area contributed by atoms with Crippen LogP contribution in [0.1, 0.15) is 37.5 Å². The SMILES string of the molecule is C=C(C)C(=O)OCC(O)COc1ccc2ccc3c(c2c1)C(C)(c1ccc(-c2ccccc2)cc1)c1c(ccc2ccc(OCC(O)COC(=O)C(=C)C)cc12)O3. The van der Waals surface area contributed by atoms with Gasteiger partial charge < -0.3 is 33.9 Å². The highest BCUT2D eigenvalue weighted by Gasteiger charge is 2.42. The predicted molar refractivity (Wildman–Crippen MR) is 220 cm³/mol. The summed E-state index contributed by atoms with van der Waals surface area (Å²) >= 11 is 0. The van der Waals surface area contributed by atoms with Gasteiger partial charge in [0.2, 0.25) is 0 Å². The molecule has 2 atom stereocenters. The second-order valence-electron chi connectivity index (χ2n) is 14.5. The molecular formula is C48H44O9. The molecule has 6 aromatic rings. The zero-order chi connectivity index (χ0) is 40.3. The lowest BCUT2D eigenvalue weighted by molar-refractivity contribution is -0.143. The van der Waals surface area contributed by atoms with Crippen LogP contribution in [0.3, 0.4) is 0 Å². The van der Waals surface area contributed by atoms with Gasteiger partial charge in [-0.05, 0) is 95.4 Å². The summed E-state index contributed by atoms with van der Waals surface area (Å²) in [6.45, 7) is 11.8. The van der Waals surface area contributed by atoms with Gasteiger partial charge in [0.1, 0.15) is 61.6 Å². The molecule has 0 saturated heterocycles. The van der Waals surface area contributed by atoms with Crippen LogP contribution < -0.4 is 14.2 Å². The number of aliphatic hydroxyl groups is 2. The van der Waals surface area contributed by atoms with E-state index in [2.05, 4.69) is 56.5 Å². The number of fused-ring (bicyclic) bond motifs is 6. The van der Waals surface area contributed by atoms with Crippen LogP contribution in [0.2, 0.25) is 0 Å². The zero-order valence-corrected chi connectivity index (χ0v) is 32.1. The highest BCUT2D eigenvalue weighted by Crippen LogP contribution is 2.56. The molecule has 0 radical (unpaired) electrons. The number of rotatable bonds is 14. The number of benzene rings is 6. The maximum absolute atomic E-state index is 11.9. The Morgan fingerprint density at radius 2 is 1.05 bits per heavy atom. The first-order valence-electron chi connectivity index (χ1n) is 18.7. The Morgan fingerprint density at radius 1 is 0.614 bits per heavy atom. The minimum absolute atomic E-state index is 0.0972. The molecule has 2 unspecified atom stereocenters. The van der Waals surface area contributed by atoms with Crippen LogP contribution in [0.5, 0.6) is 23.0 Å². The molecule has 9 nitrogen and oxygen atoms in total. The predicted octanol–water partition coefficient (Wildman–Crippen LogP) is 8.84. The van der Waals surface area contributed by atoms with E-state index in [4.69, 9.17) is 23.7 Å². The van der Waals surface area contributed by atoms with E-state index in [0.717, 1.165) is 49.4 Å². The first-order valence-corrected chi connectivity index (χ1v) is 18.7. The van der Waals surface area contributed by atoms with Crippen molar-refractivity contribution < 1.29 is 43.5 Å². The Hall–Kier alpha value is -6.42. The van der Waals surface area contributed by atoms with Gasteiger partial charge in [-0.3, -0.25) is 0 Å². The highest BCUT2D eigenvalue weighted by molar-refractivity contribution is 5.97. The molecule has 0 saturated carbocycles. The van der Waals surface area contributed by atoms with Crippen molar-refractivity contribution in [3.8, 4) is 34.1 Å². The Bertz CT molecular complexity index is 2360. The fourth-order valence-electron chi connectivity index (χ4n) is 7.17. The third-order valence-corrected chi connectivity index (χ3v) is 10.1. The van der Waals surface area contributed by atoms with Crippen molar-refractivity contribution in [2.24, 2.45) is 0 Å². The van der Waals surface area contributed by atoms with Crippen LogP contribution in [-0.4, -0.2) is 60.8 Å². The summed E-state index contributed by atoms with van der Waals surface area (Å²) in [4.78, 5) is 23.7. The minimum Gasteiger partial charge on any atom is -0.491 e. The maximum Gasteiger partial charge on any atom is 0.333 e. The monoisotopic (exact) mass is 764 g/mol. The molecule has 0 aromatic heterocycles. The molecule has 1 aliphatic heterocycles. The van der Waals surface area contributed by atoms with E-state index in [1.807, 2.05) is 78.9 Å². The van der Waals surface area contributed by atoms with E-state index >= 15 is 0 Å². The van der Waals surface area contributed by atoms with Gasteiger partial charge in [-0.25, -0.2) is 9.59 Å². The first-order chi connectivity index (χ1) is 27.4. The summed E-state index contributed by atoms with van der Waals surface area (Å²) in [5, 5.41) is 24.8. The van der Waals surface area contributed by atoms with E-state index in [1.165, 1.54) is 0 Å². The van der Waals surface area contributed by atoms with Crippen LogP contribution >= 0.6 is 0 Å². The van der Waals surface area contributed by atoms with Crippen LogP contribution in [0.15, 0.2) is 140 Å². The topological polar surface area (TPSA) is 121 Å². The lowest BCUT2D eigenvalue weighted by Crippen LogP contribution is -2.30. The van der Waals surface area contributed by atoms with Gasteiger partial charge in [0.15, 0.2) is 0 Å². The summed E-state index contributed by atoms with van der Waals surface area (Å²) < 4.78 is 29.1. The molecule has 6 aromatic carbocycles. The molecule has 7 rings (SSSR count). The molecule has 0 aliphatic carbocycles. The molecule has 0 fully saturated rings. The average molecular weight is 765 g/mol. The number of esters is 2. The zero-order valence-electron chi connectivity index (χ0n) is 32.1. The quantitative estimate of drug-likeness (QED) is 0.0828. The van der Waals surface area contributed by atoms with Crippen molar-refractivity contribution in [2.75, 3.05) is 26.4 Å².